The highest BCUT2D eigenvalue weighted by atomic mass is 15.3. The number of rotatable bonds is 0. The molecule has 1 aromatic rings. The molecule has 0 spiro atoms. The van der Waals surface area contributed by atoms with Gasteiger partial charge in [-0.2, -0.15) is 0 Å². The van der Waals surface area contributed by atoms with Crippen molar-refractivity contribution < 1.29 is 0 Å². The van der Waals surface area contributed by atoms with Gasteiger partial charge in [-0.25, -0.2) is 4.98 Å². The number of hydrogen-bond acceptors (Lipinski definition) is 3. The number of nitrogens with zero attached hydrogens (tertiary/aromatic N) is 2. The van der Waals surface area contributed by atoms with Crippen LogP contribution in [0.4, 0.5) is 11.5 Å². The molecule has 2 atom stereocenters. The number of aromatic nitrogens is 1. The van der Waals surface area contributed by atoms with Crippen LogP contribution in [0.1, 0.15) is 18.9 Å². The maximum atomic E-state index is 4.56. The Bertz CT molecular complexity index is 388. The second-order valence-electron chi connectivity index (χ2n) is 4.79. The van der Waals surface area contributed by atoms with E-state index in [1.165, 1.54) is 17.7 Å². The number of aryl methyl sites for hydroxylation is 1. The van der Waals surface area contributed by atoms with E-state index < -0.39 is 0 Å². The maximum absolute atomic E-state index is 4.56. The van der Waals surface area contributed by atoms with E-state index in [9.17, 15) is 0 Å². The fraction of sp³-hybridized carbons (Fsp3) is 0.583. The van der Waals surface area contributed by atoms with Crippen LogP contribution in [-0.2, 0) is 0 Å². The van der Waals surface area contributed by atoms with Gasteiger partial charge in [0.05, 0.1) is 11.7 Å². The van der Waals surface area contributed by atoms with Gasteiger partial charge in [-0.05, 0) is 30.9 Å². The highest BCUT2D eigenvalue weighted by Gasteiger charge is 2.35. The first-order valence-corrected chi connectivity index (χ1v) is 5.73. The molecule has 2 aliphatic rings. The van der Waals surface area contributed by atoms with Crippen molar-refractivity contribution in [3.63, 3.8) is 0 Å². The molecule has 3 heteroatoms. The van der Waals surface area contributed by atoms with Gasteiger partial charge in [-0.15, -0.1) is 0 Å². The summed E-state index contributed by atoms with van der Waals surface area (Å²) in [7, 11) is 0. The lowest BCUT2D eigenvalue weighted by Crippen LogP contribution is -2.42. The summed E-state index contributed by atoms with van der Waals surface area (Å²) >= 11 is 0. The molecule has 1 saturated heterocycles. The first-order chi connectivity index (χ1) is 7.25. The SMILES string of the molecule is Cc1cnc2c(c1)NCC1C(C)CCN21. The zero-order chi connectivity index (χ0) is 10.4. The average Bonchev–Trinajstić information content (AvgIpc) is 2.60. The molecule has 1 fully saturated rings. The minimum absolute atomic E-state index is 0.646. The highest BCUT2D eigenvalue weighted by Crippen LogP contribution is 2.36. The molecule has 3 rings (SSSR count). The number of hydrogen-bond donors (Lipinski definition) is 1. The van der Waals surface area contributed by atoms with Crippen molar-refractivity contribution in [3.05, 3.63) is 17.8 Å². The van der Waals surface area contributed by atoms with E-state index in [0.29, 0.717) is 6.04 Å². The summed E-state index contributed by atoms with van der Waals surface area (Å²) in [6.07, 6.45) is 3.26. The standard InChI is InChI=1S/C12H17N3/c1-8-5-10-12(14-6-8)15-4-3-9(2)11(15)7-13-10/h5-6,9,11,13H,3-4,7H2,1-2H3. The Morgan fingerprint density at radius 2 is 2.40 bits per heavy atom. The summed E-state index contributed by atoms with van der Waals surface area (Å²) in [5.74, 6) is 1.94. The van der Waals surface area contributed by atoms with Gasteiger partial charge in [-0.1, -0.05) is 6.92 Å². The first kappa shape index (κ1) is 9.01. The summed E-state index contributed by atoms with van der Waals surface area (Å²) in [6, 6.07) is 2.84. The van der Waals surface area contributed by atoms with Crippen molar-refractivity contribution in [3.8, 4) is 0 Å². The van der Waals surface area contributed by atoms with Crippen molar-refractivity contribution in [2.45, 2.75) is 26.3 Å². The van der Waals surface area contributed by atoms with Gasteiger partial charge in [0.15, 0.2) is 5.82 Å². The number of fused-ring (bicyclic) bond motifs is 3. The third-order valence-electron chi connectivity index (χ3n) is 3.66. The molecule has 0 aliphatic carbocycles. The van der Waals surface area contributed by atoms with Crippen LogP contribution in [0.3, 0.4) is 0 Å². The monoisotopic (exact) mass is 203 g/mol. The molecular formula is C12H17N3. The molecule has 0 amide bonds. The molecule has 1 N–H and O–H groups in total. The van der Waals surface area contributed by atoms with Crippen molar-refractivity contribution in [2.75, 3.05) is 23.3 Å². The maximum Gasteiger partial charge on any atom is 0.152 e. The highest BCUT2D eigenvalue weighted by molar-refractivity contribution is 5.69. The third-order valence-corrected chi connectivity index (χ3v) is 3.66. The number of pyridine rings is 1. The van der Waals surface area contributed by atoms with Gasteiger partial charge in [0.2, 0.25) is 0 Å². The van der Waals surface area contributed by atoms with Crippen LogP contribution in [-0.4, -0.2) is 24.1 Å². The Morgan fingerprint density at radius 3 is 3.27 bits per heavy atom. The van der Waals surface area contributed by atoms with E-state index in [0.717, 1.165) is 24.8 Å². The van der Waals surface area contributed by atoms with Crippen molar-refractivity contribution >= 4 is 11.5 Å². The molecule has 1 aromatic heterocycles. The fourth-order valence-electron chi connectivity index (χ4n) is 2.72. The molecule has 0 saturated carbocycles. The van der Waals surface area contributed by atoms with Crippen LogP contribution < -0.4 is 10.2 Å². The molecule has 0 aromatic carbocycles. The van der Waals surface area contributed by atoms with Crippen LogP contribution in [0, 0.1) is 12.8 Å². The zero-order valence-corrected chi connectivity index (χ0v) is 9.33. The van der Waals surface area contributed by atoms with E-state index in [-0.39, 0.29) is 0 Å². The Balaban J connectivity index is 2.02. The molecule has 0 radical (unpaired) electrons. The molecule has 3 heterocycles. The summed E-state index contributed by atoms with van der Waals surface area (Å²) < 4.78 is 0. The van der Waals surface area contributed by atoms with Crippen LogP contribution in [0.5, 0.6) is 0 Å². The molecule has 0 bridgehead atoms. The Morgan fingerprint density at radius 1 is 1.53 bits per heavy atom. The van der Waals surface area contributed by atoms with E-state index in [1.54, 1.807) is 0 Å². The van der Waals surface area contributed by atoms with Gasteiger partial charge < -0.3 is 10.2 Å². The number of nitrogens with one attached hydrogen (secondary N) is 1. The quantitative estimate of drug-likeness (QED) is 0.699. The molecule has 80 valence electrons. The summed E-state index contributed by atoms with van der Waals surface area (Å²) in [5.41, 5.74) is 2.44. The Kier molecular flexibility index (Phi) is 1.87. The van der Waals surface area contributed by atoms with Crippen LogP contribution in [0.25, 0.3) is 0 Å². The van der Waals surface area contributed by atoms with Gasteiger partial charge in [0, 0.05) is 19.3 Å². The molecule has 15 heavy (non-hydrogen) atoms. The smallest absolute Gasteiger partial charge is 0.152 e. The summed E-state index contributed by atoms with van der Waals surface area (Å²) in [5, 5.41) is 3.50. The zero-order valence-electron chi connectivity index (χ0n) is 9.33. The lowest BCUT2D eigenvalue weighted by atomic mass is 10.0. The topological polar surface area (TPSA) is 28.2 Å². The van der Waals surface area contributed by atoms with Crippen LogP contribution in [0.2, 0.25) is 0 Å². The lowest BCUT2D eigenvalue weighted by Gasteiger charge is -2.34. The second-order valence-corrected chi connectivity index (χ2v) is 4.79. The van der Waals surface area contributed by atoms with E-state index in [2.05, 4.69) is 35.1 Å². The van der Waals surface area contributed by atoms with E-state index in [1.807, 2.05) is 6.20 Å². The normalized spacial score (nSPS) is 28.3. The fourth-order valence-corrected chi connectivity index (χ4v) is 2.72. The summed E-state index contributed by atoms with van der Waals surface area (Å²) in [6.45, 7) is 6.66. The minimum Gasteiger partial charge on any atom is -0.380 e. The second kappa shape index (κ2) is 3.12. The van der Waals surface area contributed by atoms with Crippen LogP contribution in [0.15, 0.2) is 12.3 Å². The van der Waals surface area contributed by atoms with Gasteiger partial charge in [-0.3, -0.25) is 0 Å². The third kappa shape index (κ3) is 1.29. The summed E-state index contributed by atoms with van der Waals surface area (Å²) in [4.78, 5) is 7.03. The van der Waals surface area contributed by atoms with Gasteiger partial charge in [0.25, 0.3) is 0 Å². The average molecular weight is 203 g/mol. The van der Waals surface area contributed by atoms with Gasteiger partial charge in [0.1, 0.15) is 0 Å². The minimum atomic E-state index is 0.646. The van der Waals surface area contributed by atoms with Crippen molar-refractivity contribution in [1.29, 1.82) is 0 Å². The Hall–Kier alpha value is -1.25. The van der Waals surface area contributed by atoms with Crippen molar-refractivity contribution in [2.24, 2.45) is 5.92 Å². The Labute approximate surface area is 90.5 Å². The molecule has 2 aliphatic heterocycles. The largest absolute Gasteiger partial charge is 0.380 e. The van der Waals surface area contributed by atoms with E-state index in [4.69, 9.17) is 0 Å². The molecule has 3 nitrogen and oxygen atoms in total. The lowest BCUT2D eigenvalue weighted by molar-refractivity contribution is 0.521. The predicted molar refractivity (Wildman–Crippen MR) is 62.4 cm³/mol. The van der Waals surface area contributed by atoms with Crippen molar-refractivity contribution in [1.82, 2.24) is 4.98 Å². The first-order valence-electron chi connectivity index (χ1n) is 5.73. The molecular weight excluding hydrogens is 186 g/mol. The van der Waals surface area contributed by atoms with Crippen LogP contribution >= 0.6 is 0 Å². The van der Waals surface area contributed by atoms with E-state index >= 15 is 0 Å². The molecule has 2 unspecified atom stereocenters. The van der Waals surface area contributed by atoms with Gasteiger partial charge >= 0.3 is 0 Å². The number of anilines is 2. The predicted octanol–water partition coefficient (Wildman–Crippen LogP) is 2.03.